The molecular formula is C16H16N2O3. The zero-order chi connectivity index (χ0) is 15.0. The molecule has 0 aromatic heterocycles. The number of rotatable bonds is 3. The Morgan fingerprint density at radius 2 is 1.76 bits per heavy atom. The monoisotopic (exact) mass is 284 g/mol. The van der Waals surface area contributed by atoms with Gasteiger partial charge in [0.05, 0.1) is 16.8 Å². The minimum absolute atomic E-state index is 0.0740. The van der Waals surface area contributed by atoms with Crippen LogP contribution in [0, 0.1) is 0 Å². The van der Waals surface area contributed by atoms with E-state index in [-0.39, 0.29) is 11.5 Å². The molecule has 108 valence electrons. The van der Waals surface area contributed by atoms with Crippen LogP contribution in [0.25, 0.3) is 10.8 Å². The topological polar surface area (TPSA) is 92.4 Å². The highest BCUT2D eigenvalue weighted by Crippen LogP contribution is 2.31. The summed E-state index contributed by atoms with van der Waals surface area (Å²) in [6, 6.07) is 10.7. The van der Waals surface area contributed by atoms with Crippen molar-refractivity contribution in [1.29, 1.82) is 0 Å². The molecule has 5 heteroatoms. The van der Waals surface area contributed by atoms with Crippen LogP contribution in [0.2, 0.25) is 0 Å². The Morgan fingerprint density at radius 1 is 1.14 bits per heavy atom. The Kier molecular flexibility index (Phi) is 3.14. The highest BCUT2D eigenvalue weighted by atomic mass is 16.4. The predicted octanol–water partition coefficient (Wildman–Crippen LogP) is 2.36. The predicted molar refractivity (Wildman–Crippen MR) is 80.3 cm³/mol. The molecule has 4 N–H and O–H groups in total. The van der Waals surface area contributed by atoms with E-state index < -0.39 is 11.5 Å². The molecule has 1 amide bonds. The highest BCUT2D eigenvalue weighted by Gasteiger charge is 2.40. The zero-order valence-corrected chi connectivity index (χ0v) is 11.4. The van der Waals surface area contributed by atoms with Crippen LogP contribution in [0.15, 0.2) is 36.4 Å². The molecule has 1 saturated carbocycles. The third kappa shape index (κ3) is 2.36. The van der Waals surface area contributed by atoms with Crippen molar-refractivity contribution >= 4 is 28.3 Å². The molecule has 0 unspecified atom stereocenters. The quantitative estimate of drug-likeness (QED) is 0.806. The number of amides is 1. The van der Waals surface area contributed by atoms with Gasteiger partial charge in [-0.25, -0.2) is 4.79 Å². The van der Waals surface area contributed by atoms with E-state index in [2.05, 4.69) is 5.32 Å². The SMILES string of the molecule is NC1(C(=O)Nc2cc3ccccc3cc2C(=O)O)CCC1. The Morgan fingerprint density at radius 3 is 2.29 bits per heavy atom. The molecule has 0 heterocycles. The highest BCUT2D eigenvalue weighted by molar-refractivity contribution is 6.07. The minimum Gasteiger partial charge on any atom is -0.478 e. The number of hydrogen-bond donors (Lipinski definition) is 3. The van der Waals surface area contributed by atoms with E-state index in [1.54, 1.807) is 12.1 Å². The van der Waals surface area contributed by atoms with Crippen LogP contribution in [0.4, 0.5) is 5.69 Å². The van der Waals surface area contributed by atoms with Crippen LogP contribution in [0.1, 0.15) is 29.6 Å². The summed E-state index contributed by atoms with van der Waals surface area (Å²) < 4.78 is 0. The molecule has 0 saturated heterocycles. The lowest BCUT2D eigenvalue weighted by molar-refractivity contribution is -0.123. The number of carboxylic acid groups (broad SMARTS) is 1. The molecular weight excluding hydrogens is 268 g/mol. The van der Waals surface area contributed by atoms with Gasteiger partial charge in [-0.1, -0.05) is 24.3 Å². The van der Waals surface area contributed by atoms with Crippen LogP contribution in [-0.4, -0.2) is 22.5 Å². The molecule has 5 nitrogen and oxygen atoms in total. The molecule has 0 aliphatic heterocycles. The molecule has 0 spiro atoms. The van der Waals surface area contributed by atoms with E-state index in [0.29, 0.717) is 18.5 Å². The van der Waals surface area contributed by atoms with Gasteiger partial charge in [0.25, 0.3) is 0 Å². The van der Waals surface area contributed by atoms with Crippen molar-refractivity contribution in [2.45, 2.75) is 24.8 Å². The first kappa shape index (κ1) is 13.6. The van der Waals surface area contributed by atoms with Crippen LogP contribution < -0.4 is 11.1 Å². The molecule has 1 aliphatic rings. The average molecular weight is 284 g/mol. The third-order valence-corrected chi connectivity index (χ3v) is 4.06. The van der Waals surface area contributed by atoms with E-state index in [1.165, 1.54) is 0 Å². The van der Waals surface area contributed by atoms with Gasteiger partial charge in [0.2, 0.25) is 5.91 Å². The number of carbonyl (C=O) groups excluding carboxylic acids is 1. The number of carbonyl (C=O) groups is 2. The fraction of sp³-hybridized carbons (Fsp3) is 0.250. The summed E-state index contributed by atoms with van der Waals surface area (Å²) in [6.07, 6.45) is 2.19. The lowest BCUT2D eigenvalue weighted by atomic mass is 9.77. The van der Waals surface area contributed by atoms with E-state index in [1.807, 2.05) is 24.3 Å². The maximum atomic E-state index is 12.2. The number of hydrogen-bond acceptors (Lipinski definition) is 3. The summed E-state index contributed by atoms with van der Waals surface area (Å²) in [5.74, 6) is -1.39. The first-order chi connectivity index (χ1) is 9.99. The Hall–Kier alpha value is -2.40. The molecule has 1 fully saturated rings. The average Bonchev–Trinajstić information content (AvgIpc) is 2.43. The molecule has 2 aromatic rings. The van der Waals surface area contributed by atoms with Gasteiger partial charge in [0, 0.05) is 0 Å². The number of nitrogens with one attached hydrogen (secondary N) is 1. The van der Waals surface area contributed by atoms with Crippen molar-refractivity contribution in [2.24, 2.45) is 5.73 Å². The van der Waals surface area contributed by atoms with E-state index >= 15 is 0 Å². The lowest BCUT2D eigenvalue weighted by Crippen LogP contribution is -2.56. The van der Waals surface area contributed by atoms with Gasteiger partial charge < -0.3 is 16.2 Å². The van der Waals surface area contributed by atoms with Crippen molar-refractivity contribution in [1.82, 2.24) is 0 Å². The van der Waals surface area contributed by atoms with Crippen LogP contribution in [-0.2, 0) is 4.79 Å². The minimum atomic E-state index is -1.07. The molecule has 0 bridgehead atoms. The van der Waals surface area contributed by atoms with Crippen LogP contribution >= 0.6 is 0 Å². The number of anilines is 1. The zero-order valence-electron chi connectivity index (χ0n) is 11.4. The summed E-state index contributed by atoms with van der Waals surface area (Å²) in [5, 5.41) is 13.7. The second-order valence-corrected chi connectivity index (χ2v) is 5.51. The first-order valence-electron chi connectivity index (χ1n) is 6.86. The fourth-order valence-corrected chi connectivity index (χ4v) is 2.55. The van der Waals surface area contributed by atoms with Crippen LogP contribution in [0.5, 0.6) is 0 Å². The maximum Gasteiger partial charge on any atom is 0.337 e. The second kappa shape index (κ2) is 4.86. The maximum absolute atomic E-state index is 12.2. The molecule has 0 atom stereocenters. The Labute approximate surface area is 121 Å². The number of carboxylic acids is 1. The Bertz CT molecular complexity index is 735. The van der Waals surface area contributed by atoms with Crippen molar-refractivity contribution in [3.63, 3.8) is 0 Å². The molecule has 3 rings (SSSR count). The van der Waals surface area contributed by atoms with E-state index in [9.17, 15) is 14.7 Å². The van der Waals surface area contributed by atoms with E-state index in [0.717, 1.165) is 17.2 Å². The summed E-state index contributed by atoms with van der Waals surface area (Å²) >= 11 is 0. The molecule has 0 radical (unpaired) electrons. The van der Waals surface area contributed by atoms with E-state index in [4.69, 9.17) is 5.73 Å². The van der Waals surface area contributed by atoms with Gasteiger partial charge in [-0.15, -0.1) is 0 Å². The fourth-order valence-electron chi connectivity index (χ4n) is 2.55. The van der Waals surface area contributed by atoms with Gasteiger partial charge in [-0.3, -0.25) is 4.79 Å². The number of benzene rings is 2. The van der Waals surface area contributed by atoms with Crippen LogP contribution in [0.3, 0.4) is 0 Å². The number of nitrogens with two attached hydrogens (primary N) is 1. The van der Waals surface area contributed by atoms with Gasteiger partial charge in [0.1, 0.15) is 0 Å². The van der Waals surface area contributed by atoms with Crippen molar-refractivity contribution in [2.75, 3.05) is 5.32 Å². The summed E-state index contributed by atoms with van der Waals surface area (Å²) in [7, 11) is 0. The smallest absolute Gasteiger partial charge is 0.337 e. The summed E-state index contributed by atoms with van der Waals surface area (Å²) in [4.78, 5) is 23.6. The standard InChI is InChI=1S/C16H16N2O3/c17-16(6-3-7-16)15(21)18-13-9-11-5-2-1-4-10(11)8-12(13)14(19)20/h1-2,4-5,8-9H,3,6-7,17H2,(H,18,21)(H,19,20). The normalized spacial score (nSPS) is 16.2. The molecule has 21 heavy (non-hydrogen) atoms. The summed E-state index contributed by atoms with van der Waals surface area (Å²) in [6.45, 7) is 0. The summed E-state index contributed by atoms with van der Waals surface area (Å²) in [5.41, 5.74) is 5.48. The molecule has 2 aromatic carbocycles. The van der Waals surface area contributed by atoms with Crippen molar-refractivity contribution < 1.29 is 14.7 Å². The van der Waals surface area contributed by atoms with Crippen molar-refractivity contribution in [3.8, 4) is 0 Å². The van der Waals surface area contributed by atoms with Gasteiger partial charge >= 0.3 is 5.97 Å². The molecule has 1 aliphatic carbocycles. The third-order valence-electron chi connectivity index (χ3n) is 4.06. The van der Waals surface area contributed by atoms with Gasteiger partial charge in [-0.05, 0) is 42.2 Å². The lowest BCUT2D eigenvalue weighted by Gasteiger charge is -2.36. The number of aromatic carboxylic acids is 1. The number of fused-ring (bicyclic) bond motifs is 1. The van der Waals surface area contributed by atoms with Crippen molar-refractivity contribution in [3.05, 3.63) is 42.0 Å². The van der Waals surface area contributed by atoms with Gasteiger partial charge in [-0.2, -0.15) is 0 Å². The first-order valence-corrected chi connectivity index (χ1v) is 6.86. The second-order valence-electron chi connectivity index (χ2n) is 5.51. The largest absolute Gasteiger partial charge is 0.478 e. The Balaban J connectivity index is 2.01. The van der Waals surface area contributed by atoms with Gasteiger partial charge in [0.15, 0.2) is 0 Å².